The second kappa shape index (κ2) is 6.54. The van der Waals surface area contributed by atoms with E-state index in [4.69, 9.17) is 0 Å². The van der Waals surface area contributed by atoms with Gasteiger partial charge in [-0.15, -0.1) is 0 Å². The molecule has 0 saturated heterocycles. The highest BCUT2D eigenvalue weighted by molar-refractivity contribution is 5.95. The topological polar surface area (TPSA) is 85.4 Å². The predicted molar refractivity (Wildman–Crippen MR) is 90.3 cm³/mol. The summed E-state index contributed by atoms with van der Waals surface area (Å²) in [7, 11) is 0. The van der Waals surface area contributed by atoms with Crippen LogP contribution in [-0.2, 0) is 13.0 Å². The zero-order valence-corrected chi connectivity index (χ0v) is 12.9. The third-order valence-electron chi connectivity index (χ3n) is 4.00. The first-order chi connectivity index (χ1) is 11.6. The molecule has 0 bridgehead atoms. The summed E-state index contributed by atoms with van der Waals surface area (Å²) in [6.07, 6.45) is 1.62. The Morgan fingerprint density at radius 2 is 1.88 bits per heavy atom. The van der Waals surface area contributed by atoms with Gasteiger partial charge in [-0.3, -0.25) is 10.1 Å². The highest BCUT2D eigenvalue weighted by Crippen LogP contribution is 2.25. The standard InChI is InChI=1S/C18H16N2O4/c21-18(22)17-12-14-11-15(20(23)24)8-9-16(14)19(17)10-4-7-13-5-2-1-3-6-13/h1-3,5-6,8-9,11-12H,4,7,10H2,(H,21,22). The maximum atomic E-state index is 11.5. The fraction of sp³-hybridized carbons (Fsp3) is 0.167. The Labute approximate surface area is 138 Å². The zero-order valence-electron chi connectivity index (χ0n) is 12.9. The summed E-state index contributed by atoms with van der Waals surface area (Å²) in [5.74, 6) is -1.03. The molecule has 6 nitrogen and oxygen atoms in total. The van der Waals surface area contributed by atoms with E-state index in [1.165, 1.54) is 23.8 Å². The van der Waals surface area contributed by atoms with Gasteiger partial charge in [0.05, 0.1) is 4.92 Å². The van der Waals surface area contributed by atoms with E-state index in [1.807, 2.05) is 30.3 Å². The SMILES string of the molecule is O=C(O)c1cc2cc([N+](=O)[O-])ccc2n1CCCc1ccccc1. The lowest BCUT2D eigenvalue weighted by Gasteiger charge is -2.08. The number of rotatable bonds is 6. The molecule has 0 fully saturated rings. The minimum Gasteiger partial charge on any atom is -0.477 e. The average Bonchev–Trinajstić information content (AvgIpc) is 2.94. The molecule has 0 atom stereocenters. The van der Waals surface area contributed by atoms with E-state index in [-0.39, 0.29) is 11.4 Å². The number of hydrogen-bond acceptors (Lipinski definition) is 3. The molecule has 0 unspecified atom stereocenters. The van der Waals surface area contributed by atoms with E-state index >= 15 is 0 Å². The number of carbonyl (C=O) groups is 1. The van der Waals surface area contributed by atoms with E-state index in [9.17, 15) is 20.0 Å². The lowest BCUT2D eigenvalue weighted by molar-refractivity contribution is -0.384. The number of fused-ring (bicyclic) bond motifs is 1. The van der Waals surface area contributed by atoms with Crippen molar-refractivity contribution in [3.63, 3.8) is 0 Å². The van der Waals surface area contributed by atoms with Gasteiger partial charge >= 0.3 is 5.97 Å². The normalized spacial score (nSPS) is 10.8. The molecule has 3 aromatic rings. The van der Waals surface area contributed by atoms with Gasteiger partial charge in [-0.05, 0) is 30.5 Å². The number of benzene rings is 2. The van der Waals surface area contributed by atoms with E-state index in [0.717, 1.165) is 12.8 Å². The highest BCUT2D eigenvalue weighted by atomic mass is 16.6. The predicted octanol–water partition coefficient (Wildman–Crippen LogP) is 3.88. The molecule has 1 aromatic heterocycles. The minimum atomic E-state index is -1.03. The minimum absolute atomic E-state index is 0.0409. The smallest absolute Gasteiger partial charge is 0.352 e. The van der Waals surface area contributed by atoms with E-state index in [2.05, 4.69) is 0 Å². The summed E-state index contributed by atoms with van der Waals surface area (Å²) in [6, 6.07) is 15.9. The van der Waals surface area contributed by atoms with Gasteiger partial charge < -0.3 is 9.67 Å². The molecule has 24 heavy (non-hydrogen) atoms. The van der Waals surface area contributed by atoms with Crippen molar-refractivity contribution < 1.29 is 14.8 Å². The maximum Gasteiger partial charge on any atom is 0.352 e. The van der Waals surface area contributed by atoms with Gasteiger partial charge in [-0.1, -0.05) is 30.3 Å². The van der Waals surface area contributed by atoms with Crippen LogP contribution in [0.3, 0.4) is 0 Å². The third kappa shape index (κ3) is 3.12. The van der Waals surface area contributed by atoms with Crippen LogP contribution in [-0.4, -0.2) is 20.6 Å². The van der Waals surface area contributed by atoms with Crippen molar-refractivity contribution in [1.82, 2.24) is 4.57 Å². The zero-order chi connectivity index (χ0) is 17.1. The van der Waals surface area contributed by atoms with Crippen molar-refractivity contribution >= 4 is 22.6 Å². The first-order valence-electron chi connectivity index (χ1n) is 7.61. The van der Waals surface area contributed by atoms with Gasteiger partial charge in [0.25, 0.3) is 5.69 Å². The molecule has 2 aromatic carbocycles. The van der Waals surface area contributed by atoms with Crippen LogP contribution < -0.4 is 0 Å². The highest BCUT2D eigenvalue weighted by Gasteiger charge is 2.16. The Balaban J connectivity index is 1.89. The molecule has 122 valence electrons. The van der Waals surface area contributed by atoms with Crippen molar-refractivity contribution in [1.29, 1.82) is 0 Å². The molecule has 0 aliphatic heterocycles. The van der Waals surface area contributed by atoms with Crippen molar-refractivity contribution in [2.75, 3.05) is 0 Å². The summed E-state index contributed by atoms with van der Waals surface area (Å²) in [4.78, 5) is 21.9. The number of non-ortho nitro benzene ring substituents is 1. The van der Waals surface area contributed by atoms with Gasteiger partial charge in [0.2, 0.25) is 0 Å². The van der Waals surface area contributed by atoms with E-state index in [1.54, 1.807) is 10.6 Å². The number of hydrogen-bond donors (Lipinski definition) is 1. The summed E-state index contributed by atoms with van der Waals surface area (Å²) >= 11 is 0. The van der Waals surface area contributed by atoms with Gasteiger partial charge in [-0.25, -0.2) is 4.79 Å². The molecule has 0 saturated carbocycles. The molecule has 6 heteroatoms. The Kier molecular flexibility index (Phi) is 4.29. The summed E-state index contributed by atoms with van der Waals surface area (Å²) in [5, 5.41) is 20.9. The molecular formula is C18H16N2O4. The van der Waals surface area contributed by atoms with Crippen LogP contribution >= 0.6 is 0 Å². The van der Waals surface area contributed by atoms with Crippen LogP contribution in [0.2, 0.25) is 0 Å². The van der Waals surface area contributed by atoms with Gasteiger partial charge in [0, 0.05) is 29.6 Å². The molecular weight excluding hydrogens is 308 g/mol. The van der Waals surface area contributed by atoms with Gasteiger partial charge in [0.1, 0.15) is 5.69 Å². The Bertz CT molecular complexity index is 900. The largest absolute Gasteiger partial charge is 0.477 e. The van der Waals surface area contributed by atoms with E-state index < -0.39 is 10.9 Å². The van der Waals surface area contributed by atoms with Crippen molar-refractivity contribution in [2.45, 2.75) is 19.4 Å². The molecule has 0 spiro atoms. The number of aromatic nitrogens is 1. The first kappa shape index (κ1) is 15.7. The molecule has 0 aliphatic carbocycles. The van der Waals surface area contributed by atoms with Crippen molar-refractivity contribution in [3.05, 3.63) is 76.0 Å². The second-order valence-electron chi connectivity index (χ2n) is 5.58. The monoisotopic (exact) mass is 324 g/mol. The molecule has 1 N–H and O–H groups in total. The number of aromatic carboxylic acids is 1. The fourth-order valence-electron chi connectivity index (χ4n) is 2.88. The van der Waals surface area contributed by atoms with Crippen LogP contribution in [0.1, 0.15) is 22.5 Å². The van der Waals surface area contributed by atoms with Crippen molar-refractivity contribution in [3.8, 4) is 0 Å². The third-order valence-corrected chi connectivity index (χ3v) is 4.00. The lowest BCUT2D eigenvalue weighted by atomic mass is 10.1. The van der Waals surface area contributed by atoms with Crippen LogP contribution in [0.4, 0.5) is 5.69 Å². The molecule has 0 amide bonds. The van der Waals surface area contributed by atoms with Crippen LogP contribution in [0.25, 0.3) is 10.9 Å². The fourth-order valence-corrected chi connectivity index (χ4v) is 2.88. The van der Waals surface area contributed by atoms with Gasteiger partial charge in [-0.2, -0.15) is 0 Å². The number of nitrogens with zero attached hydrogens (tertiary/aromatic N) is 2. The van der Waals surface area contributed by atoms with Crippen LogP contribution in [0.15, 0.2) is 54.6 Å². The number of carboxylic acids is 1. The molecule has 0 radical (unpaired) electrons. The van der Waals surface area contributed by atoms with Crippen LogP contribution in [0.5, 0.6) is 0 Å². The Hall–Kier alpha value is -3.15. The lowest BCUT2D eigenvalue weighted by Crippen LogP contribution is -2.09. The maximum absolute atomic E-state index is 11.5. The first-order valence-corrected chi connectivity index (χ1v) is 7.61. The Morgan fingerprint density at radius 3 is 2.54 bits per heavy atom. The molecule has 1 heterocycles. The number of carboxylic acid groups (broad SMARTS) is 1. The Morgan fingerprint density at radius 1 is 1.12 bits per heavy atom. The summed E-state index contributed by atoms with van der Waals surface area (Å²) < 4.78 is 1.71. The summed E-state index contributed by atoms with van der Waals surface area (Å²) in [6.45, 7) is 0.540. The summed E-state index contributed by atoms with van der Waals surface area (Å²) in [5.41, 5.74) is 2.01. The number of aryl methyl sites for hydroxylation is 2. The van der Waals surface area contributed by atoms with E-state index in [0.29, 0.717) is 17.4 Å². The molecule has 3 rings (SSSR count). The average molecular weight is 324 g/mol. The second-order valence-corrected chi connectivity index (χ2v) is 5.58. The molecule has 0 aliphatic rings. The van der Waals surface area contributed by atoms with Crippen LogP contribution in [0, 0.1) is 10.1 Å². The quantitative estimate of drug-likeness (QED) is 0.551. The van der Waals surface area contributed by atoms with Gasteiger partial charge in [0.15, 0.2) is 0 Å². The number of nitro groups is 1. The van der Waals surface area contributed by atoms with Crippen molar-refractivity contribution in [2.24, 2.45) is 0 Å². The number of nitro benzene ring substituents is 1.